The standard InChI is InChI=1S/C12H18F2N4O2S/c1-2-16-12(17-5-6-21(15,19)20)18-8-9-7-10(13)3-4-11(9)14/h3-4,7H,2,5-6,8H2,1H3,(H2,15,19,20)(H2,16,17,18). The molecule has 0 aliphatic rings. The number of hydrogen-bond acceptors (Lipinski definition) is 3. The van der Waals surface area contributed by atoms with Crippen LogP contribution < -0.4 is 15.8 Å². The summed E-state index contributed by atoms with van der Waals surface area (Å²) >= 11 is 0. The van der Waals surface area contributed by atoms with Crippen LogP contribution in [-0.4, -0.2) is 33.2 Å². The van der Waals surface area contributed by atoms with Crippen LogP contribution in [0.15, 0.2) is 23.2 Å². The fourth-order valence-corrected chi connectivity index (χ4v) is 1.87. The number of sulfonamides is 1. The van der Waals surface area contributed by atoms with E-state index in [-0.39, 0.29) is 24.4 Å². The van der Waals surface area contributed by atoms with E-state index in [9.17, 15) is 17.2 Å². The van der Waals surface area contributed by atoms with Gasteiger partial charge in [0.25, 0.3) is 0 Å². The van der Waals surface area contributed by atoms with Gasteiger partial charge in [-0.05, 0) is 25.1 Å². The smallest absolute Gasteiger partial charge is 0.210 e. The number of primary sulfonamides is 1. The van der Waals surface area contributed by atoms with Crippen LogP contribution in [0.1, 0.15) is 12.5 Å². The molecule has 0 aliphatic heterocycles. The Morgan fingerprint density at radius 2 is 2.05 bits per heavy atom. The molecule has 118 valence electrons. The average molecular weight is 320 g/mol. The van der Waals surface area contributed by atoms with Crippen molar-refractivity contribution in [2.24, 2.45) is 10.1 Å². The molecule has 0 saturated carbocycles. The Kier molecular flexibility index (Phi) is 6.50. The van der Waals surface area contributed by atoms with Crippen molar-refractivity contribution >= 4 is 16.0 Å². The molecule has 0 saturated heterocycles. The molecule has 0 spiro atoms. The number of nitrogens with zero attached hydrogens (tertiary/aromatic N) is 1. The predicted octanol–water partition coefficient (Wildman–Crippen LogP) is 0.308. The van der Waals surface area contributed by atoms with Crippen LogP contribution in [0.3, 0.4) is 0 Å². The van der Waals surface area contributed by atoms with E-state index in [0.29, 0.717) is 12.5 Å². The Balaban J connectivity index is 2.68. The van der Waals surface area contributed by atoms with Gasteiger partial charge in [0.1, 0.15) is 11.6 Å². The fourth-order valence-electron chi connectivity index (χ4n) is 1.48. The summed E-state index contributed by atoms with van der Waals surface area (Å²) in [5.74, 6) is -1.06. The monoisotopic (exact) mass is 320 g/mol. The second-order valence-corrected chi connectivity index (χ2v) is 5.96. The Morgan fingerprint density at radius 1 is 1.33 bits per heavy atom. The lowest BCUT2D eigenvalue weighted by molar-refractivity contribution is 0.585. The maximum Gasteiger partial charge on any atom is 0.210 e. The maximum absolute atomic E-state index is 13.4. The lowest BCUT2D eigenvalue weighted by Gasteiger charge is -2.10. The third-order valence-electron chi connectivity index (χ3n) is 2.44. The molecule has 0 atom stereocenters. The number of guanidine groups is 1. The Bertz CT molecular complexity index is 605. The molecule has 4 N–H and O–H groups in total. The Hall–Kier alpha value is -1.74. The van der Waals surface area contributed by atoms with Crippen LogP contribution in [-0.2, 0) is 16.6 Å². The molecular formula is C12H18F2N4O2S. The van der Waals surface area contributed by atoms with Gasteiger partial charge in [-0.15, -0.1) is 0 Å². The maximum atomic E-state index is 13.4. The molecule has 9 heteroatoms. The number of benzene rings is 1. The minimum absolute atomic E-state index is 0.0658. The third kappa shape index (κ3) is 7.00. The lowest BCUT2D eigenvalue weighted by atomic mass is 10.2. The highest BCUT2D eigenvalue weighted by Gasteiger charge is 2.06. The molecule has 0 bridgehead atoms. The van der Waals surface area contributed by atoms with E-state index >= 15 is 0 Å². The van der Waals surface area contributed by atoms with E-state index in [1.807, 2.05) is 6.92 Å². The fraction of sp³-hybridized carbons (Fsp3) is 0.417. The first-order valence-corrected chi connectivity index (χ1v) is 8.00. The van der Waals surface area contributed by atoms with Gasteiger partial charge in [0.05, 0.1) is 12.3 Å². The molecule has 6 nitrogen and oxygen atoms in total. The third-order valence-corrected chi connectivity index (χ3v) is 3.21. The zero-order valence-electron chi connectivity index (χ0n) is 11.6. The van der Waals surface area contributed by atoms with E-state index in [0.717, 1.165) is 18.2 Å². The number of hydrogen-bond donors (Lipinski definition) is 3. The number of halogens is 2. The topological polar surface area (TPSA) is 96.6 Å². The molecule has 1 aromatic rings. The van der Waals surface area contributed by atoms with Gasteiger partial charge in [0, 0.05) is 18.7 Å². The second kappa shape index (κ2) is 7.89. The molecule has 1 aromatic carbocycles. The summed E-state index contributed by atoms with van der Waals surface area (Å²) in [5, 5.41) is 10.5. The quantitative estimate of drug-likeness (QED) is 0.519. The molecule has 0 radical (unpaired) electrons. The van der Waals surface area contributed by atoms with Crippen molar-refractivity contribution in [3.05, 3.63) is 35.4 Å². The predicted molar refractivity (Wildman–Crippen MR) is 77.2 cm³/mol. The summed E-state index contributed by atoms with van der Waals surface area (Å²) in [4.78, 5) is 4.06. The van der Waals surface area contributed by atoms with Gasteiger partial charge < -0.3 is 10.6 Å². The first-order chi connectivity index (χ1) is 9.81. The van der Waals surface area contributed by atoms with Crippen molar-refractivity contribution in [2.75, 3.05) is 18.8 Å². The summed E-state index contributed by atoms with van der Waals surface area (Å²) < 4.78 is 48.1. The number of aliphatic imine (C=N–C) groups is 1. The largest absolute Gasteiger partial charge is 0.357 e. The molecule has 21 heavy (non-hydrogen) atoms. The van der Waals surface area contributed by atoms with Gasteiger partial charge >= 0.3 is 0 Å². The van der Waals surface area contributed by atoms with Crippen LogP contribution in [0, 0.1) is 11.6 Å². The second-order valence-electron chi connectivity index (χ2n) is 4.22. The van der Waals surface area contributed by atoms with Crippen LogP contribution in [0.5, 0.6) is 0 Å². The van der Waals surface area contributed by atoms with Gasteiger partial charge in [0.2, 0.25) is 10.0 Å². The summed E-state index contributed by atoms with van der Waals surface area (Å²) in [6, 6.07) is 3.12. The van der Waals surface area contributed by atoms with E-state index in [1.165, 1.54) is 0 Å². The molecule has 0 amide bonds. The highest BCUT2D eigenvalue weighted by atomic mass is 32.2. The minimum Gasteiger partial charge on any atom is -0.357 e. The van der Waals surface area contributed by atoms with E-state index in [1.54, 1.807) is 0 Å². The first kappa shape index (κ1) is 17.3. The molecule has 0 unspecified atom stereocenters. The summed E-state index contributed by atoms with van der Waals surface area (Å²) in [5.41, 5.74) is 0.110. The summed E-state index contributed by atoms with van der Waals surface area (Å²) in [6.45, 7) is 2.34. The number of nitrogens with two attached hydrogens (primary N) is 1. The van der Waals surface area contributed by atoms with E-state index < -0.39 is 21.7 Å². The molecular weight excluding hydrogens is 302 g/mol. The van der Waals surface area contributed by atoms with Crippen LogP contribution in [0.4, 0.5) is 8.78 Å². The van der Waals surface area contributed by atoms with Crippen molar-refractivity contribution < 1.29 is 17.2 Å². The van der Waals surface area contributed by atoms with Crippen LogP contribution in [0.25, 0.3) is 0 Å². The highest BCUT2D eigenvalue weighted by Crippen LogP contribution is 2.10. The van der Waals surface area contributed by atoms with E-state index in [4.69, 9.17) is 5.14 Å². The van der Waals surface area contributed by atoms with Gasteiger partial charge in [-0.1, -0.05) is 0 Å². The van der Waals surface area contributed by atoms with Crippen molar-refractivity contribution in [3.8, 4) is 0 Å². The molecule has 1 rings (SSSR count). The van der Waals surface area contributed by atoms with Crippen LogP contribution in [0.2, 0.25) is 0 Å². The van der Waals surface area contributed by atoms with Crippen molar-refractivity contribution in [2.45, 2.75) is 13.5 Å². The summed E-state index contributed by atoms with van der Waals surface area (Å²) in [6.07, 6.45) is 0. The van der Waals surface area contributed by atoms with E-state index in [2.05, 4.69) is 15.6 Å². The van der Waals surface area contributed by atoms with Crippen LogP contribution >= 0.6 is 0 Å². The Morgan fingerprint density at radius 3 is 2.67 bits per heavy atom. The van der Waals surface area contributed by atoms with Gasteiger partial charge in [-0.25, -0.2) is 27.3 Å². The Labute approximate surface area is 122 Å². The SMILES string of the molecule is CCNC(=NCc1cc(F)ccc1F)NCCS(N)(=O)=O. The normalized spacial score (nSPS) is 12.3. The minimum atomic E-state index is -3.57. The lowest BCUT2D eigenvalue weighted by Crippen LogP contribution is -2.40. The molecule has 0 fully saturated rings. The van der Waals surface area contributed by atoms with Gasteiger partial charge in [-0.3, -0.25) is 0 Å². The van der Waals surface area contributed by atoms with Gasteiger partial charge in [0.15, 0.2) is 5.96 Å². The zero-order valence-corrected chi connectivity index (χ0v) is 12.4. The summed E-state index contributed by atoms with van der Waals surface area (Å²) in [7, 11) is -3.57. The number of nitrogens with one attached hydrogen (secondary N) is 2. The molecule has 0 aromatic heterocycles. The highest BCUT2D eigenvalue weighted by molar-refractivity contribution is 7.89. The zero-order chi connectivity index (χ0) is 15.9. The van der Waals surface area contributed by atoms with Crippen molar-refractivity contribution in [3.63, 3.8) is 0 Å². The van der Waals surface area contributed by atoms with Crippen molar-refractivity contribution in [1.29, 1.82) is 0 Å². The molecule has 0 aliphatic carbocycles. The molecule has 0 heterocycles. The first-order valence-electron chi connectivity index (χ1n) is 6.28. The van der Waals surface area contributed by atoms with Gasteiger partial charge in [-0.2, -0.15) is 0 Å². The van der Waals surface area contributed by atoms with Crippen molar-refractivity contribution in [1.82, 2.24) is 10.6 Å². The number of rotatable bonds is 6. The average Bonchev–Trinajstić information content (AvgIpc) is 2.38.